The maximum absolute atomic E-state index is 12.0. The van der Waals surface area contributed by atoms with E-state index in [9.17, 15) is 4.79 Å². The molecule has 0 amide bonds. The molecule has 6 atom stereocenters. The largest absolute Gasteiger partial charge is 0.429 e. The molecule has 0 aromatic heterocycles. The molecule has 4 aliphatic heterocycles. The third-order valence-electron chi connectivity index (χ3n) is 5.62. The molecule has 0 aromatic carbocycles. The van der Waals surface area contributed by atoms with Gasteiger partial charge in [-0.05, 0) is 32.1 Å². The molecule has 0 aromatic rings. The van der Waals surface area contributed by atoms with Crippen LogP contribution >= 0.6 is 0 Å². The Balaban J connectivity index is 1.86. The number of hydrogen-bond donors (Lipinski definition) is 0. The number of esters is 1. The van der Waals surface area contributed by atoms with E-state index in [0.29, 0.717) is 11.5 Å². The predicted octanol–water partition coefficient (Wildman–Crippen LogP) is 2.32. The van der Waals surface area contributed by atoms with E-state index in [1.807, 2.05) is 6.92 Å². The normalized spacial score (nSPS) is 54.1. The van der Waals surface area contributed by atoms with Gasteiger partial charge in [0, 0.05) is 23.8 Å². The van der Waals surface area contributed by atoms with E-state index < -0.39 is 17.7 Å². The van der Waals surface area contributed by atoms with Gasteiger partial charge in [-0.3, -0.25) is 0 Å². The van der Waals surface area contributed by atoms with E-state index >= 15 is 0 Å². The van der Waals surface area contributed by atoms with Gasteiger partial charge in [-0.2, -0.15) is 0 Å². The zero-order valence-corrected chi connectivity index (χ0v) is 11.9. The van der Waals surface area contributed by atoms with Gasteiger partial charge in [0.25, 0.3) is 0 Å². The molecule has 5 fully saturated rings. The molecular weight excluding hydrogens is 260 g/mol. The van der Waals surface area contributed by atoms with Gasteiger partial charge < -0.3 is 9.47 Å². The molecule has 0 N–H and O–H groups in total. The minimum absolute atomic E-state index is 0.0717. The summed E-state index contributed by atoms with van der Waals surface area (Å²) in [6.07, 6.45) is 2.95. The van der Waals surface area contributed by atoms with Crippen molar-refractivity contribution in [2.45, 2.75) is 57.2 Å². The summed E-state index contributed by atoms with van der Waals surface area (Å²) in [4.78, 5) is 23.5. The first-order valence-electron chi connectivity index (χ1n) is 7.41. The van der Waals surface area contributed by atoms with E-state index in [0.717, 1.165) is 25.7 Å². The van der Waals surface area contributed by atoms with Crippen LogP contribution in [0.4, 0.5) is 0 Å². The second kappa shape index (κ2) is 3.84. The Hall–Kier alpha value is -0.910. The lowest BCUT2D eigenvalue weighted by Gasteiger charge is -2.56. The van der Waals surface area contributed by atoms with Crippen LogP contribution in [-0.4, -0.2) is 23.6 Å². The Bertz CT molecular complexity index is 489. The van der Waals surface area contributed by atoms with Crippen LogP contribution in [0.2, 0.25) is 0 Å². The summed E-state index contributed by atoms with van der Waals surface area (Å²) in [7, 11) is 0. The predicted molar refractivity (Wildman–Crippen MR) is 68.0 cm³/mol. The summed E-state index contributed by atoms with van der Waals surface area (Å²) in [6, 6.07) is 0. The highest BCUT2D eigenvalue weighted by Crippen LogP contribution is 2.59. The van der Waals surface area contributed by atoms with E-state index in [4.69, 9.17) is 19.2 Å². The van der Waals surface area contributed by atoms with Crippen molar-refractivity contribution in [3.05, 3.63) is 12.2 Å². The first kappa shape index (κ1) is 12.8. The summed E-state index contributed by atoms with van der Waals surface area (Å²) >= 11 is 0. The van der Waals surface area contributed by atoms with Gasteiger partial charge in [0.05, 0.1) is 0 Å². The maximum atomic E-state index is 12.0. The molecule has 20 heavy (non-hydrogen) atoms. The number of hydrogen-bond acceptors (Lipinski definition) is 5. The molecule has 4 heterocycles. The van der Waals surface area contributed by atoms with Crippen LogP contribution in [0.25, 0.3) is 0 Å². The Morgan fingerprint density at radius 2 is 2.05 bits per heavy atom. The van der Waals surface area contributed by atoms with Crippen LogP contribution in [0.15, 0.2) is 12.2 Å². The molecule has 1 saturated carbocycles. The van der Waals surface area contributed by atoms with Crippen molar-refractivity contribution < 1.29 is 24.0 Å². The molecule has 4 saturated heterocycles. The van der Waals surface area contributed by atoms with Crippen LogP contribution in [0, 0.1) is 17.8 Å². The van der Waals surface area contributed by atoms with E-state index in [2.05, 4.69) is 13.5 Å². The lowest BCUT2D eigenvalue weighted by molar-refractivity contribution is -0.554. The molecule has 5 rings (SSSR count). The molecule has 1 spiro atoms. The average Bonchev–Trinajstić information content (AvgIpc) is 2.63. The van der Waals surface area contributed by atoms with Gasteiger partial charge in [0.2, 0.25) is 12.1 Å². The highest BCUT2D eigenvalue weighted by molar-refractivity contribution is 5.89. The Morgan fingerprint density at radius 3 is 2.85 bits per heavy atom. The summed E-state index contributed by atoms with van der Waals surface area (Å²) in [5, 5.41) is 0. The minimum Gasteiger partial charge on any atom is -0.429 e. The fraction of sp³-hybridized carbons (Fsp3) is 0.800. The summed E-state index contributed by atoms with van der Waals surface area (Å²) in [6.45, 7) is 8.00. The van der Waals surface area contributed by atoms with Crippen LogP contribution in [0.5, 0.6) is 0 Å². The molecular formula is C15H20O5. The van der Waals surface area contributed by atoms with Crippen molar-refractivity contribution >= 4 is 5.97 Å². The van der Waals surface area contributed by atoms with Gasteiger partial charge in [-0.25, -0.2) is 14.6 Å². The number of rotatable bonds is 0. The van der Waals surface area contributed by atoms with Crippen molar-refractivity contribution in [3.63, 3.8) is 0 Å². The van der Waals surface area contributed by atoms with E-state index in [1.165, 1.54) is 0 Å². The van der Waals surface area contributed by atoms with Crippen molar-refractivity contribution in [2.24, 2.45) is 17.8 Å². The topological polar surface area (TPSA) is 54.0 Å². The minimum atomic E-state index is -0.823. The number of carbonyl (C=O) groups is 1. The fourth-order valence-corrected chi connectivity index (χ4v) is 4.46. The first-order chi connectivity index (χ1) is 9.46. The quantitative estimate of drug-likeness (QED) is 0.387. The highest BCUT2D eigenvalue weighted by Gasteiger charge is 2.69. The third kappa shape index (κ3) is 1.41. The maximum Gasteiger partial charge on any atom is 0.336 e. The van der Waals surface area contributed by atoms with Crippen LogP contribution in [0.1, 0.15) is 39.5 Å². The number of fused-ring (bicyclic) bond motifs is 2. The first-order valence-corrected chi connectivity index (χ1v) is 7.41. The van der Waals surface area contributed by atoms with Gasteiger partial charge in [0.1, 0.15) is 0 Å². The highest BCUT2D eigenvalue weighted by atomic mass is 17.3. The van der Waals surface area contributed by atoms with E-state index in [-0.39, 0.29) is 17.8 Å². The van der Waals surface area contributed by atoms with E-state index in [1.54, 1.807) is 0 Å². The lowest BCUT2D eigenvalue weighted by Crippen LogP contribution is -2.68. The molecule has 5 aliphatic rings. The van der Waals surface area contributed by atoms with Gasteiger partial charge in [-0.15, -0.1) is 0 Å². The number of carbonyl (C=O) groups excluding carboxylic acids is 1. The molecule has 5 nitrogen and oxygen atoms in total. The molecule has 0 radical (unpaired) electrons. The van der Waals surface area contributed by atoms with Crippen LogP contribution in [-0.2, 0) is 24.0 Å². The Kier molecular flexibility index (Phi) is 2.46. The molecule has 1 aliphatic carbocycles. The summed E-state index contributed by atoms with van der Waals surface area (Å²) in [5.74, 6) is -0.501. The molecule has 110 valence electrons. The molecule has 1 unspecified atom stereocenters. The second-order valence-corrected chi connectivity index (χ2v) is 6.79. The molecule has 5 heteroatoms. The van der Waals surface area contributed by atoms with Gasteiger partial charge in [-0.1, -0.05) is 13.5 Å². The van der Waals surface area contributed by atoms with Crippen molar-refractivity contribution in [2.75, 3.05) is 0 Å². The summed E-state index contributed by atoms with van der Waals surface area (Å²) in [5.41, 5.74) is -0.213. The van der Waals surface area contributed by atoms with Gasteiger partial charge >= 0.3 is 5.97 Å². The van der Waals surface area contributed by atoms with Gasteiger partial charge in [0.15, 0.2) is 5.60 Å². The SMILES string of the molecule is C=C1C(=O)OC2O[C@@]3(C)CC[C@H]4[C@H](C)CC[C@@H]1[C@@]24OO3. The van der Waals surface area contributed by atoms with Crippen molar-refractivity contribution in [3.8, 4) is 0 Å². The third-order valence-corrected chi connectivity index (χ3v) is 5.62. The zero-order valence-electron chi connectivity index (χ0n) is 11.9. The Morgan fingerprint density at radius 1 is 1.25 bits per heavy atom. The molecule has 2 bridgehead atoms. The fourth-order valence-electron chi connectivity index (χ4n) is 4.46. The average molecular weight is 280 g/mol. The smallest absolute Gasteiger partial charge is 0.336 e. The Labute approximate surface area is 118 Å². The van der Waals surface area contributed by atoms with Crippen molar-refractivity contribution in [1.29, 1.82) is 0 Å². The summed E-state index contributed by atoms with van der Waals surface area (Å²) < 4.78 is 11.5. The standard InChI is InChI=1S/C15H20O5/c1-8-4-5-11-9(2)12(16)17-13-15(11)10(8)6-7-14(3,18-13)19-20-15/h8,10-11,13H,2,4-7H2,1,3H3/t8-,10+,11+,13?,14-,15-/m1/s1. The monoisotopic (exact) mass is 280 g/mol. The second-order valence-electron chi connectivity index (χ2n) is 6.79. The lowest BCUT2D eigenvalue weighted by atomic mass is 9.59. The number of ether oxygens (including phenoxy) is 2. The van der Waals surface area contributed by atoms with Crippen LogP contribution in [0.3, 0.4) is 0 Å². The zero-order chi connectivity index (χ0) is 14.1. The van der Waals surface area contributed by atoms with Crippen LogP contribution < -0.4 is 0 Å². The van der Waals surface area contributed by atoms with Crippen molar-refractivity contribution in [1.82, 2.24) is 0 Å².